The van der Waals surface area contributed by atoms with E-state index in [-0.39, 0.29) is 25.0 Å². The second kappa shape index (κ2) is 8.19. The van der Waals surface area contributed by atoms with Gasteiger partial charge in [0, 0.05) is 12.0 Å². The maximum Gasteiger partial charge on any atom is 0.327 e. The molecule has 2 atom stereocenters. The van der Waals surface area contributed by atoms with E-state index in [1.165, 1.54) is 13.8 Å². The SMILES string of the molecule is CCC(=O)C(C)(CC)C(=O)OC(=O)C(C)(CC)C(=O)c1ccccc1. The summed E-state index contributed by atoms with van der Waals surface area (Å²) in [5.74, 6) is -2.52. The van der Waals surface area contributed by atoms with Crippen LogP contribution < -0.4 is 0 Å². The van der Waals surface area contributed by atoms with Crippen LogP contribution in [0.1, 0.15) is 64.2 Å². The Morgan fingerprint density at radius 1 is 0.840 bits per heavy atom. The average Bonchev–Trinajstić information content (AvgIpc) is 2.65. The molecule has 0 saturated heterocycles. The van der Waals surface area contributed by atoms with Gasteiger partial charge in [0.1, 0.15) is 16.6 Å². The summed E-state index contributed by atoms with van der Waals surface area (Å²) in [5, 5.41) is 0. The van der Waals surface area contributed by atoms with Gasteiger partial charge in [-0.15, -0.1) is 0 Å². The van der Waals surface area contributed by atoms with Gasteiger partial charge in [0.25, 0.3) is 0 Å². The minimum Gasteiger partial charge on any atom is -0.392 e. The highest BCUT2D eigenvalue weighted by atomic mass is 16.6. The summed E-state index contributed by atoms with van der Waals surface area (Å²) in [4.78, 5) is 49.9. The number of benzene rings is 1. The van der Waals surface area contributed by atoms with Gasteiger partial charge < -0.3 is 4.74 Å². The second-order valence-electron chi connectivity index (χ2n) is 6.52. The van der Waals surface area contributed by atoms with Gasteiger partial charge in [-0.25, -0.2) is 0 Å². The number of ether oxygens (including phenoxy) is 1. The van der Waals surface area contributed by atoms with E-state index in [0.717, 1.165) is 0 Å². The first-order chi connectivity index (χ1) is 11.7. The topological polar surface area (TPSA) is 77.5 Å². The third-order valence-electron chi connectivity index (χ3n) is 4.97. The lowest BCUT2D eigenvalue weighted by Crippen LogP contribution is -2.44. The third-order valence-corrected chi connectivity index (χ3v) is 4.97. The highest BCUT2D eigenvalue weighted by Crippen LogP contribution is 2.31. The summed E-state index contributed by atoms with van der Waals surface area (Å²) >= 11 is 0. The Kier molecular flexibility index (Phi) is 6.79. The second-order valence-corrected chi connectivity index (χ2v) is 6.52. The molecule has 0 aliphatic rings. The van der Waals surface area contributed by atoms with Crippen molar-refractivity contribution in [1.29, 1.82) is 0 Å². The molecule has 5 heteroatoms. The number of carbonyl (C=O) groups is 4. The van der Waals surface area contributed by atoms with E-state index in [2.05, 4.69) is 0 Å². The predicted molar refractivity (Wildman–Crippen MR) is 94.0 cm³/mol. The first kappa shape index (κ1) is 20.7. The number of hydrogen-bond donors (Lipinski definition) is 0. The monoisotopic (exact) mass is 346 g/mol. The van der Waals surface area contributed by atoms with Gasteiger partial charge >= 0.3 is 11.9 Å². The standard InChI is InChI=1S/C20H26O5/c1-6-15(21)19(4,7-2)17(23)25-18(24)20(5,8-3)16(22)14-12-10-9-11-13-14/h9-13H,6-8H2,1-5H3. The molecule has 0 heterocycles. The first-order valence-corrected chi connectivity index (χ1v) is 8.57. The molecule has 136 valence electrons. The summed E-state index contributed by atoms with van der Waals surface area (Å²) < 4.78 is 5.01. The lowest BCUT2D eigenvalue weighted by Gasteiger charge is -2.28. The molecule has 0 bridgehead atoms. The summed E-state index contributed by atoms with van der Waals surface area (Å²) in [6.45, 7) is 7.95. The molecule has 1 aromatic carbocycles. The summed E-state index contributed by atoms with van der Waals surface area (Å²) in [6.07, 6.45) is 0.570. The summed E-state index contributed by atoms with van der Waals surface area (Å²) in [7, 11) is 0. The van der Waals surface area contributed by atoms with E-state index in [4.69, 9.17) is 4.74 Å². The molecule has 5 nitrogen and oxygen atoms in total. The highest BCUT2D eigenvalue weighted by molar-refractivity contribution is 6.15. The van der Waals surface area contributed by atoms with E-state index >= 15 is 0 Å². The van der Waals surface area contributed by atoms with Crippen LogP contribution in [0.3, 0.4) is 0 Å². The number of rotatable bonds is 8. The van der Waals surface area contributed by atoms with Crippen LogP contribution >= 0.6 is 0 Å². The Bertz CT molecular complexity index is 664. The fraction of sp³-hybridized carbons (Fsp3) is 0.500. The van der Waals surface area contributed by atoms with Crippen LogP contribution in [-0.2, 0) is 19.1 Å². The number of Topliss-reactive ketones (excluding diaryl/α,β-unsaturated/α-hetero) is 2. The Morgan fingerprint density at radius 2 is 1.32 bits per heavy atom. The van der Waals surface area contributed by atoms with Crippen LogP contribution in [0.25, 0.3) is 0 Å². The number of carbonyl (C=O) groups excluding carboxylic acids is 4. The van der Waals surface area contributed by atoms with E-state index in [0.29, 0.717) is 5.56 Å². The van der Waals surface area contributed by atoms with Gasteiger partial charge in [-0.2, -0.15) is 0 Å². The largest absolute Gasteiger partial charge is 0.392 e. The van der Waals surface area contributed by atoms with Crippen molar-refractivity contribution < 1.29 is 23.9 Å². The number of ketones is 2. The highest BCUT2D eigenvalue weighted by Gasteiger charge is 2.46. The van der Waals surface area contributed by atoms with Gasteiger partial charge in [-0.05, 0) is 26.7 Å². The molecule has 0 radical (unpaired) electrons. The Morgan fingerprint density at radius 3 is 1.76 bits per heavy atom. The first-order valence-electron chi connectivity index (χ1n) is 8.57. The zero-order valence-corrected chi connectivity index (χ0v) is 15.5. The molecule has 0 N–H and O–H groups in total. The number of hydrogen-bond acceptors (Lipinski definition) is 5. The molecule has 0 spiro atoms. The fourth-order valence-electron chi connectivity index (χ4n) is 2.46. The van der Waals surface area contributed by atoms with E-state index in [9.17, 15) is 19.2 Å². The van der Waals surface area contributed by atoms with Crippen molar-refractivity contribution in [3.05, 3.63) is 35.9 Å². The Balaban J connectivity index is 3.08. The summed E-state index contributed by atoms with van der Waals surface area (Å²) in [6, 6.07) is 8.40. The van der Waals surface area contributed by atoms with Crippen molar-refractivity contribution in [3.63, 3.8) is 0 Å². The van der Waals surface area contributed by atoms with Gasteiger partial charge in [0.05, 0.1) is 0 Å². The molecular formula is C20H26O5. The minimum atomic E-state index is -1.49. The zero-order chi connectivity index (χ0) is 19.3. The molecule has 0 aliphatic carbocycles. The van der Waals surface area contributed by atoms with Crippen molar-refractivity contribution in [1.82, 2.24) is 0 Å². The molecule has 1 aromatic rings. The quantitative estimate of drug-likeness (QED) is 0.407. The smallest absolute Gasteiger partial charge is 0.327 e. The van der Waals surface area contributed by atoms with Gasteiger partial charge in [-0.1, -0.05) is 51.1 Å². The van der Waals surface area contributed by atoms with Crippen molar-refractivity contribution in [3.8, 4) is 0 Å². The molecule has 0 aromatic heterocycles. The molecule has 0 saturated carbocycles. The van der Waals surface area contributed by atoms with Gasteiger partial charge in [-0.3, -0.25) is 19.2 Å². The molecule has 25 heavy (non-hydrogen) atoms. The van der Waals surface area contributed by atoms with E-state index < -0.39 is 28.6 Å². The van der Waals surface area contributed by atoms with Crippen LogP contribution in [0.2, 0.25) is 0 Å². The van der Waals surface area contributed by atoms with Crippen LogP contribution in [0.4, 0.5) is 0 Å². The lowest BCUT2D eigenvalue weighted by molar-refractivity contribution is -0.172. The lowest BCUT2D eigenvalue weighted by atomic mass is 9.79. The van der Waals surface area contributed by atoms with E-state index in [1.807, 2.05) is 0 Å². The maximum atomic E-state index is 12.8. The fourth-order valence-corrected chi connectivity index (χ4v) is 2.46. The van der Waals surface area contributed by atoms with Gasteiger partial charge in [0.15, 0.2) is 5.78 Å². The zero-order valence-electron chi connectivity index (χ0n) is 15.5. The minimum absolute atomic E-state index is 0.168. The molecule has 0 fully saturated rings. The van der Waals surface area contributed by atoms with Crippen LogP contribution in [-0.4, -0.2) is 23.5 Å². The average molecular weight is 346 g/mol. The Labute approximate surface area is 148 Å². The molecule has 0 aliphatic heterocycles. The normalized spacial score (nSPS) is 15.6. The van der Waals surface area contributed by atoms with Crippen molar-refractivity contribution >= 4 is 23.5 Å². The summed E-state index contributed by atoms with van der Waals surface area (Å²) in [5.41, 5.74) is -2.49. The van der Waals surface area contributed by atoms with Crippen LogP contribution in [0.5, 0.6) is 0 Å². The van der Waals surface area contributed by atoms with E-state index in [1.54, 1.807) is 51.1 Å². The molecule has 2 unspecified atom stereocenters. The third kappa shape index (κ3) is 4.03. The number of esters is 2. The molecule has 1 rings (SSSR count). The molecular weight excluding hydrogens is 320 g/mol. The molecule has 0 amide bonds. The Hall–Kier alpha value is -2.30. The predicted octanol–water partition coefficient (Wildman–Crippen LogP) is 3.75. The van der Waals surface area contributed by atoms with Crippen LogP contribution in [0.15, 0.2) is 30.3 Å². The van der Waals surface area contributed by atoms with Crippen molar-refractivity contribution in [2.75, 3.05) is 0 Å². The van der Waals surface area contributed by atoms with Crippen LogP contribution in [0, 0.1) is 10.8 Å². The van der Waals surface area contributed by atoms with Crippen molar-refractivity contribution in [2.45, 2.75) is 53.9 Å². The van der Waals surface area contributed by atoms with Gasteiger partial charge in [0.2, 0.25) is 0 Å². The van der Waals surface area contributed by atoms with Crippen molar-refractivity contribution in [2.24, 2.45) is 10.8 Å². The maximum absolute atomic E-state index is 12.8.